The Bertz CT molecular complexity index is 1270. The average molecular weight is 477 g/mol. The van der Waals surface area contributed by atoms with Crippen molar-refractivity contribution in [2.75, 3.05) is 19.7 Å². The summed E-state index contributed by atoms with van der Waals surface area (Å²) in [5, 5.41) is 27.6. The molecule has 0 amide bonds. The highest BCUT2D eigenvalue weighted by molar-refractivity contribution is 7.89. The molecule has 1 saturated heterocycles. The van der Waals surface area contributed by atoms with E-state index < -0.39 is 63.9 Å². The predicted octanol–water partition coefficient (Wildman–Crippen LogP) is 1.56. The van der Waals surface area contributed by atoms with E-state index in [9.17, 15) is 36.2 Å². The number of halogens is 4. The maximum Gasteiger partial charge on any atom is 0.416 e. The first-order chi connectivity index (χ1) is 14.9. The van der Waals surface area contributed by atoms with E-state index in [1.165, 1.54) is 18.2 Å². The third-order valence-electron chi connectivity index (χ3n) is 5.07. The van der Waals surface area contributed by atoms with Gasteiger partial charge >= 0.3 is 6.18 Å². The van der Waals surface area contributed by atoms with Crippen LogP contribution in [0, 0.1) is 5.82 Å². The Hall–Kier alpha value is -2.81. The standard InChI is InChI=1S/C18H15F4N3O6S/c19-12-5-10(18(20,21)22)1-4-15(12)32(28,29)25-7-16(17(27,8-25)9-26)30-11-2-3-13-14(6-11)24-31-23-13/h1-6,16,26-27H,7-9H2/t16?,17-/m1/s1. The summed E-state index contributed by atoms with van der Waals surface area (Å²) in [6, 6.07) is 5.40. The molecule has 9 nitrogen and oxygen atoms in total. The number of hydrogen-bond donors (Lipinski definition) is 2. The van der Waals surface area contributed by atoms with Gasteiger partial charge in [-0.25, -0.2) is 17.4 Å². The molecule has 2 aromatic carbocycles. The van der Waals surface area contributed by atoms with Crippen molar-refractivity contribution in [3.63, 3.8) is 0 Å². The number of rotatable bonds is 5. The van der Waals surface area contributed by atoms with Crippen LogP contribution in [0.4, 0.5) is 17.6 Å². The van der Waals surface area contributed by atoms with Gasteiger partial charge in [0.25, 0.3) is 0 Å². The van der Waals surface area contributed by atoms with Crippen molar-refractivity contribution >= 4 is 21.1 Å². The summed E-state index contributed by atoms with van der Waals surface area (Å²) in [6.45, 7) is -2.08. The number of nitrogens with zero attached hydrogens (tertiary/aromatic N) is 3. The number of hydrogen-bond acceptors (Lipinski definition) is 8. The highest BCUT2D eigenvalue weighted by Gasteiger charge is 2.51. The SMILES string of the molecule is O=S(=O)(c1ccc(C(F)(F)F)cc1F)N1CC(Oc2ccc3nonc3c2)[C@](O)(CO)C1. The largest absolute Gasteiger partial charge is 0.486 e. The number of aromatic nitrogens is 2. The van der Waals surface area contributed by atoms with Gasteiger partial charge in [0.2, 0.25) is 10.0 Å². The fraction of sp³-hybridized carbons (Fsp3) is 0.333. The monoisotopic (exact) mass is 477 g/mol. The molecule has 172 valence electrons. The molecule has 3 aromatic rings. The molecule has 2 atom stereocenters. The summed E-state index contributed by atoms with van der Waals surface area (Å²) in [5.41, 5.74) is -2.67. The van der Waals surface area contributed by atoms with Crippen LogP contribution in [-0.4, -0.2) is 64.7 Å². The highest BCUT2D eigenvalue weighted by Crippen LogP contribution is 2.34. The molecule has 1 fully saturated rings. The summed E-state index contributed by atoms with van der Waals surface area (Å²) in [7, 11) is -4.66. The van der Waals surface area contributed by atoms with Crippen molar-refractivity contribution in [2.45, 2.75) is 22.8 Å². The molecule has 1 aliphatic heterocycles. The van der Waals surface area contributed by atoms with Crippen LogP contribution in [0.1, 0.15) is 5.56 Å². The first kappa shape index (κ1) is 22.4. The molecule has 0 aliphatic carbocycles. The molecule has 1 aliphatic rings. The smallest absolute Gasteiger partial charge is 0.416 e. The molecular weight excluding hydrogens is 462 g/mol. The van der Waals surface area contributed by atoms with Gasteiger partial charge in [-0.3, -0.25) is 0 Å². The van der Waals surface area contributed by atoms with Crippen molar-refractivity contribution in [2.24, 2.45) is 0 Å². The number of aliphatic hydroxyl groups excluding tert-OH is 1. The topological polar surface area (TPSA) is 126 Å². The van der Waals surface area contributed by atoms with E-state index in [1.54, 1.807) is 0 Å². The Morgan fingerprint density at radius 1 is 1.19 bits per heavy atom. The summed E-state index contributed by atoms with van der Waals surface area (Å²) in [4.78, 5) is -0.999. The van der Waals surface area contributed by atoms with E-state index in [4.69, 9.17) is 4.74 Å². The van der Waals surface area contributed by atoms with Gasteiger partial charge in [0.15, 0.2) is 0 Å². The van der Waals surface area contributed by atoms with Crippen molar-refractivity contribution < 1.29 is 45.6 Å². The van der Waals surface area contributed by atoms with Crippen LogP contribution in [-0.2, 0) is 16.2 Å². The number of β-amino-alcohol motifs (C(OH)–C–C–N with tert-alkyl or cyclic N) is 1. The number of aliphatic hydroxyl groups is 2. The van der Waals surface area contributed by atoms with Crippen LogP contribution >= 0.6 is 0 Å². The number of ether oxygens (including phenoxy) is 1. The van der Waals surface area contributed by atoms with Gasteiger partial charge in [0.05, 0.1) is 18.7 Å². The van der Waals surface area contributed by atoms with Gasteiger partial charge in [-0.15, -0.1) is 0 Å². The van der Waals surface area contributed by atoms with Crippen LogP contribution in [0.5, 0.6) is 5.75 Å². The van der Waals surface area contributed by atoms with Gasteiger partial charge in [-0.05, 0) is 40.6 Å². The van der Waals surface area contributed by atoms with Gasteiger partial charge in [0, 0.05) is 12.6 Å². The lowest BCUT2D eigenvalue weighted by molar-refractivity contribution is -0.137. The lowest BCUT2D eigenvalue weighted by atomic mass is 10.0. The predicted molar refractivity (Wildman–Crippen MR) is 98.4 cm³/mol. The van der Waals surface area contributed by atoms with Gasteiger partial charge in [-0.2, -0.15) is 17.5 Å². The van der Waals surface area contributed by atoms with Gasteiger partial charge < -0.3 is 14.9 Å². The average Bonchev–Trinajstić information content (AvgIpc) is 3.32. The van der Waals surface area contributed by atoms with Crippen LogP contribution in [0.2, 0.25) is 0 Å². The van der Waals surface area contributed by atoms with E-state index in [1.807, 2.05) is 0 Å². The lowest BCUT2D eigenvalue weighted by Crippen LogP contribution is -2.48. The maximum atomic E-state index is 14.3. The summed E-state index contributed by atoms with van der Waals surface area (Å²) in [5.74, 6) is -1.44. The Balaban J connectivity index is 1.61. The maximum absolute atomic E-state index is 14.3. The number of alkyl halides is 3. The van der Waals surface area contributed by atoms with Crippen LogP contribution in [0.3, 0.4) is 0 Å². The minimum Gasteiger partial charge on any atom is -0.486 e. The molecule has 1 aromatic heterocycles. The van der Waals surface area contributed by atoms with Crippen molar-refractivity contribution in [3.05, 3.63) is 47.8 Å². The fourth-order valence-corrected chi connectivity index (χ4v) is 4.88. The van der Waals surface area contributed by atoms with Gasteiger partial charge in [-0.1, -0.05) is 0 Å². The molecule has 14 heteroatoms. The summed E-state index contributed by atoms with van der Waals surface area (Å²) >= 11 is 0. The van der Waals surface area contributed by atoms with E-state index in [2.05, 4.69) is 14.9 Å². The molecule has 0 radical (unpaired) electrons. The zero-order valence-electron chi connectivity index (χ0n) is 16.0. The molecule has 0 bridgehead atoms. The molecule has 1 unspecified atom stereocenters. The third-order valence-corrected chi connectivity index (χ3v) is 6.92. The second-order valence-electron chi connectivity index (χ2n) is 7.22. The van der Waals surface area contributed by atoms with E-state index in [0.717, 1.165) is 0 Å². The molecular formula is C18H15F4N3O6S. The fourth-order valence-electron chi connectivity index (χ4n) is 3.33. The Labute approximate surface area is 177 Å². The quantitative estimate of drug-likeness (QED) is 0.531. The molecule has 0 spiro atoms. The molecule has 2 heterocycles. The minimum atomic E-state index is -4.85. The normalized spacial score (nSPS) is 22.5. The Morgan fingerprint density at radius 2 is 1.91 bits per heavy atom. The molecule has 2 N–H and O–H groups in total. The minimum absolute atomic E-state index is 0.0797. The van der Waals surface area contributed by atoms with Crippen molar-refractivity contribution in [1.82, 2.24) is 14.6 Å². The molecule has 4 rings (SSSR count). The van der Waals surface area contributed by atoms with Crippen molar-refractivity contribution in [3.8, 4) is 5.75 Å². The van der Waals surface area contributed by atoms with Gasteiger partial charge in [0.1, 0.15) is 39.2 Å². The lowest BCUT2D eigenvalue weighted by Gasteiger charge is -2.27. The van der Waals surface area contributed by atoms with Crippen LogP contribution in [0.25, 0.3) is 11.0 Å². The zero-order valence-corrected chi connectivity index (χ0v) is 16.8. The van der Waals surface area contributed by atoms with Crippen molar-refractivity contribution in [1.29, 1.82) is 0 Å². The first-order valence-electron chi connectivity index (χ1n) is 9.03. The van der Waals surface area contributed by atoms with E-state index >= 15 is 0 Å². The Kier molecular flexibility index (Phi) is 5.35. The van der Waals surface area contributed by atoms with Crippen LogP contribution < -0.4 is 4.74 Å². The van der Waals surface area contributed by atoms with E-state index in [-0.39, 0.29) is 11.8 Å². The summed E-state index contributed by atoms with van der Waals surface area (Å²) < 4.78 is 89.2. The number of benzene rings is 2. The van der Waals surface area contributed by atoms with E-state index in [0.29, 0.717) is 27.5 Å². The summed E-state index contributed by atoms with van der Waals surface area (Å²) in [6.07, 6.45) is -6.13. The zero-order chi connectivity index (χ0) is 23.3. The number of sulfonamides is 1. The first-order valence-corrected chi connectivity index (χ1v) is 10.5. The molecule has 32 heavy (non-hydrogen) atoms. The second-order valence-corrected chi connectivity index (χ2v) is 9.13. The second kappa shape index (κ2) is 7.65. The number of fused-ring (bicyclic) bond motifs is 1. The highest BCUT2D eigenvalue weighted by atomic mass is 32.2. The Morgan fingerprint density at radius 3 is 2.56 bits per heavy atom. The third kappa shape index (κ3) is 3.90. The van der Waals surface area contributed by atoms with Crippen LogP contribution in [0.15, 0.2) is 45.9 Å². The molecule has 0 saturated carbocycles.